The maximum Gasteiger partial charge on any atom is 0.337 e. The van der Waals surface area contributed by atoms with Gasteiger partial charge in [0.1, 0.15) is 0 Å². The van der Waals surface area contributed by atoms with E-state index in [2.05, 4.69) is 10.1 Å². The minimum atomic E-state index is -3.30. The van der Waals surface area contributed by atoms with Crippen LogP contribution in [-0.4, -0.2) is 39.8 Å². The van der Waals surface area contributed by atoms with E-state index in [1.54, 1.807) is 0 Å². The van der Waals surface area contributed by atoms with Gasteiger partial charge in [-0.1, -0.05) is 0 Å². The van der Waals surface area contributed by atoms with E-state index in [0.29, 0.717) is 18.4 Å². The molecule has 104 valence electrons. The van der Waals surface area contributed by atoms with Gasteiger partial charge < -0.3 is 10.1 Å². The zero-order chi connectivity index (χ0) is 13.9. The summed E-state index contributed by atoms with van der Waals surface area (Å²) in [5, 5.41) is 2.81. The Labute approximate surface area is 112 Å². The summed E-state index contributed by atoms with van der Waals surface area (Å²) in [6, 6.07) is 5.92. The van der Waals surface area contributed by atoms with E-state index in [9.17, 15) is 13.2 Å². The molecule has 1 aromatic rings. The highest BCUT2D eigenvalue weighted by Gasteiger charge is 2.28. The molecule has 2 rings (SSSR count). The summed E-state index contributed by atoms with van der Waals surface area (Å²) >= 11 is 0. The second-order valence-electron chi connectivity index (χ2n) is 4.51. The predicted octanol–water partition coefficient (Wildman–Crippen LogP) is 0.999. The van der Waals surface area contributed by atoms with E-state index >= 15 is 0 Å². The minimum absolute atomic E-state index is 0.270. The van der Waals surface area contributed by atoms with Crippen LogP contribution >= 0.6 is 0 Å². The Morgan fingerprint density at radius 3 is 2.32 bits per heavy atom. The molecule has 0 amide bonds. The van der Waals surface area contributed by atoms with Crippen molar-refractivity contribution in [2.24, 2.45) is 0 Å². The lowest BCUT2D eigenvalue weighted by Gasteiger charge is -2.22. The normalized spacial score (nSPS) is 17.1. The fourth-order valence-corrected chi connectivity index (χ4v) is 3.95. The number of esters is 1. The Morgan fingerprint density at radius 2 is 1.79 bits per heavy atom. The lowest BCUT2D eigenvalue weighted by Crippen LogP contribution is -2.35. The number of ether oxygens (including phenoxy) is 1. The topological polar surface area (TPSA) is 72.5 Å². The van der Waals surface area contributed by atoms with E-state index in [4.69, 9.17) is 0 Å². The van der Waals surface area contributed by atoms with Crippen molar-refractivity contribution in [1.29, 1.82) is 0 Å². The quantitative estimate of drug-likeness (QED) is 0.838. The first-order valence-corrected chi connectivity index (χ1v) is 7.73. The van der Waals surface area contributed by atoms with Gasteiger partial charge in [0, 0.05) is 0 Å². The van der Waals surface area contributed by atoms with Crippen molar-refractivity contribution >= 4 is 15.8 Å². The molecule has 0 unspecified atom stereocenters. The van der Waals surface area contributed by atoms with E-state index in [1.807, 2.05) is 0 Å². The average Bonchev–Trinajstić information content (AvgIpc) is 2.47. The Hall–Kier alpha value is -1.40. The molecular weight excluding hydrogens is 266 g/mol. The van der Waals surface area contributed by atoms with Crippen molar-refractivity contribution in [3.63, 3.8) is 0 Å². The molecule has 0 saturated carbocycles. The lowest BCUT2D eigenvalue weighted by atomic mass is 10.2. The monoisotopic (exact) mass is 283 g/mol. The van der Waals surface area contributed by atoms with E-state index < -0.39 is 15.8 Å². The van der Waals surface area contributed by atoms with Crippen LogP contribution in [0.25, 0.3) is 0 Å². The fraction of sp³-hybridized carbons (Fsp3) is 0.462. The van der Waals surface area contributed by atoms with Crippen LogP contribution < -0.4 is 5.32 Å². The molecule has 1 aliphatic heterocycles. The van der Waals surface area contributed by atoms with Gasteiger partial charge in [-0.25, -0.2) is 13.2 Å². The van der Waals surface area contributed by atoms with Crippen LogP contribution in [-0.2, 0) is 14.6 Å². The standard InChI is InChI=1S/C13H17NO4S/c1-18-13(15)10-2-4-11(5-3-10)19(16,17)12-6-8-14-9-7-12/h2-5,12,14H,6-9H2,1H3. The van der Waals surface area contributed by atoms with Gasteiger partial charge in [-0.2, -0.15) is 0 Å². The van der Waals surface area contributed by atoms with Crippen LogP contribution in [0.5, 0.6) is 0 Å². The summed E-state index contributed by atoms with van der Waals surface area (Å²) in [5.41, 5.74) is 0.353. The minimum Gasteiger partial charge on any atom is -0.465 e. The van der Waals surface area contributed by atoms with Gasteiger partial charge in [-0.15, -0.1) is 0 Å². The van der Waals surface area contributed by atoms with Crippen molar-refractivity contribution in [2.75, 3.05) is 20.2 Å². The van der Waals surface area contributed by atoms with Crippen LogP contribution in [0.1, 0.15) is 23.2 Å². The van der Waals surface area contributed by atoms with Crippen LogP contribution in [0, 0.1) is 0 Å². The number of carbonyl (C=O) groups excluding carboxylic acids is 1. The molecule has 0 radical (unpaired) electrons. The average molecular weight is 283 g/mol. The van der Waals surface area contributed by atoms with Crippen molar-refractivity contribution < 1.29 is 17.9 Å². The third-order valence-electron chi connectivity index (χ3n) is 3.33. The zero-order valence-corrected chi connectivity index (χ0v) is 11.6. The summed E-state index contributed by atoms with van der Waals surface area (Å²) in [6.45, 7) is 1.45. The molecule has 1 saturated heterocycles. The second kappa shape index (κ2) is 5.71. The molecule has 0 aromatic heterocycles. The number of methoxy groups -OCH3 is 1. The fourth-order valence-electron chi connectivity index (χ4n) is 2.20. The van der Waals surface area contributed by atoms with Gasteiger partial charge in [0.15, 0.2) is 9.84 Å². The van der Waals surface area contributed by atoms with Gasteiger partial charge in [0.05, 0.1) is 22.8 Å². The van der Waals surface area contributed by atoms with Crippen LogP contribution in [0.3, 0.4) is 0 Å². The number of sulfone groups is 1. The molecule has 0 bridgehead atoms. The second-order valence-corrected chi connectivity index (χ2v) is 6.74. The van der Waals surface area contributed by atoms with Gasteiger partial charge in [-0.05, 0) is 50.2 Å². The number of nitrogens with one attached hydrogen (secondary N) is 1. The molecule has 1 aromatic carbocycles. The SMILES string of the molecule is COC(=O)c1ccc(S(=O)(=O)C2CCNCC2)cc1. The van der Waals surface area contributed by atoms with Crippen molar-refractivity contribution in [3.05, 3.63) is 29.8 Å². The molecule has 19 heavy (non-hydrogen) atoms. The molecule has 1 aliphatic rings. The maximum atomic E-state index is 12.4. The first-order chi connectivity index (χ1) is 9.05. The van der Waals surface area contributed by atoms with Gasteiger partial charge in [0.25, 0.3) is 0 Å². The highest BCUT2D eigenvalue weighted by molar-refractivity contribution is 7.92. The van der Waals surface area contributed by atoms with Crippen molar-refractivity contribution in [1.82, 2.24) is 5.32 Å². The summed E-state index contributed by atoms with van der Waals surface area (Å²) in [4.78, 5) is 11.6. The summed E-state index contributed by atoms with van der Waals surface area (Å²) in [6.07, 6.45) is 1.25. The number of benzene rings is 1. The smallest absolute Gasteiger partial charge is 0.337 e. The largest absolute Gasteiger partial charge is 0.465 e. The summed E-state index contributed by atoms with van der Waals surface area (Å²) < 4.78 is 29.4. The highest BCUT2D eigenvalue weighted by Crippen LogP contribution is 2.22. The van der Waals surface area contributed by atoms with Crippen LogP contribution in [0.4, 0.5) is 0 Å². The lowest BCUT2D eigenvalue weighted by molar-refractivity contribution is 0.0600. The zero-order valence-electron chi connectivity index (χ0n) is 10.8. The summed E-state index contributed by atoms with van der Waals surface area (Å²) in [7, 11) is -2.01. The molecule has 6 heteroatoms. The number of hydrogen-bond acceptors (Lipinski definition) is 5. The first kappa shape index (κ1) is 14.0. The molecule has 0 aliphatic carbocycles. The van der Waals surface area contributed by atoms with Crippen LogP contribution in [0.15, 0.2) is 29.2 Å². The maximum absolute atomic E-state index is 12.4. The molecular formula is C13H17NO4S. The Kier molecular flexibility index (Phi) is 4.21. The molecule has 1 fully saturated rings. The van der Waals surface area contributed by atoms with Crippen LogP contribution in [0.2, 0.25) is 0 Å². The first-order valence-electron chi connectivity index (χ1n) is 6.18. The number of rotatable bonds is 3. The molecule has 1 heterocycles. The molecule has 0 spiro atoms. The number of piperidine rings is 1. The summed E-state index contributed by atoms with van der Waals surface area (Å²) in [5.74, 6) is -0.467. The highest BCUT2D eigenvalue weighted by atomic mass is 32.2. The van der Waals surface area contributed by atoms with Crippen molar-refractivity contribution in [2.45, 2.75) is 23.0 Å². The van der Waals surface area contributed by atoms with E-state index in [-0.39, 0.29) is 10.1 Å². The van der Waals surface area contributed by atoms with Crippen molar-refractivity contribution in [3.8, 4) is 0 Å². The molecule has 1 N–H and O–H groups in total. The van der Waals surface area contributed by atoms with Gasteiger partial charge >= 0.3 is 5.97 Å². The number of hydrogen-bond donors (Lipinski definition) is 1. The van der Waals surface area contributed by atoms with Gasteiger partial charge in [-0.3, -0.25) is 0 Å². The number of carbonyl (C=O) groups is 1. The molecule has 0 atom stereocenters. The molecule has 5 nitrogen and oxygen atoms in total. The van der Waals surface area contributed by atoms with Gasteiger partial charge in [0.2, 0.25) is 0 Å². The Balaban J connectivity index is 2.23. The third kappa shape index (κ3) is 2.96. The third-order valence-corrected chi connectivity index (χ3v) is 5.61. The van der Waals surface area contributed by atoms with E-state index in [1.165, 1.54) is 31.4 Å². The predicted molar refractivity (Wildman–Crippen MR) is 70.9 cm³/mol. The Morgan fingerprint density at radius 1 is 1.21 bits per heavy atom. The Bertz CT molecular complexity index is 545. The van der Waals surface area contributed by atoms with E-state index in [0.717, 1.165) is 13.1 Å².